The fourth-order valence-corrected chi connectivity index (χ4v) is 9.60. The van der Waals surface area contributed by atoms with E-state index in [0.29, 0.717) is 19.3 Å². The molecule has 1 aliphatic heterocycles. The Bertz CT molecular complexity index is 1520. The van der Waals surface area contributed by atoms with Gasteiger partial charge in [0.25, 0.3) is 0 Å². The lowest BCUT2D eigenvalue weighted by Gasteiger charge is -2.40. The Morgan fingerprint density at radius 1 is 0.442 bits per heavy atom. The van der Waals surface area contributed by atoms with Crippen molar-refractivity contribution in [3.8, 4) is 0 Å². The molecule has 0 spiro atoms. The van der Waals surface area contributed by atoms with Crippen LogP contribution in [0.25, 0.3) is 0 Å². The molecule has 3 N–H and O–H groups in total. The van der Waals surface area contributed by atoms with Gasteiger partial charge in [-0.05, 0) is 57.8 Å². The summed E-state index contributed by atoms with van der Waals surface area (Å²) in [4.78, 5) is 51.2. The number of allylic oxidation sites excluding steroid dienone is 8. The molecule has 6 unspecified atom stereocenters. The number of hydrogen-bond acceptors (Lipinski definition) is 11. The second-order valence-corrected chi connectivity index (χ2v) is 21.7. The third-order valence-corrected chi connectivity index (χ3v) is 14.4. The van der Waals surface area contributed by atoms with Crippen LogP contribution in [0.15, 0.2) is 48.6 Å². The summed E-state index contributed by atoms with van der Waals surface area (Å²) in [6.07, 6.45) is 52.2. The summed E-state index contributed by atoms with van der Waals surface area (Å²) in [7, 11) is 0. The lowest BCUT2D eigenvalue weighted by Crippen LogP contribution is -2.61. The number of carbonyl (C=O) groups is 4. The van der Waals surface area contributed by atoms with E-state index in [9.17, 15) is 34.5 Å². The van der Waals surface area contributed by atoms with Gasteiger partial charge < -0.3 is 39.0 Å². The first-order valence-electron chi connectivity index (χ1n) is 31.6. The summed E-state index contributed by atoms with van der Waals surface area (Å²) >= 11 is 0. The Morgan fingerprint density at radius 3 is 1.25 bits per heavy atom. The highest BCUT2D eigenvalue weighted by Gasteiger charge is 2.50. The molecule has 1 saturated heterocycles. The minimum absolute atomic E-state index is 0.0601. The van der Waals surface area contributed by atoms with Crippen molar-refractivity contribution in [1.82, 2.24) is 0 Å². The van der Waals surface area contributed by atoms with Crippen LogP contribution in [0.2, 0.25) is 0 Å². The van der Waals surface area contributed by atoms with E-state index in [1.165, 1.54) is 148 Å². The number of esters is 3. The summed E-state index contributed by atoms with van der Waals surface area (Å²) in [6, 6.07) is 0. The number of carbonyl (C=O) groups excluding carboxylic acids is 3. The van der Waals surface area contributed by atoms with Crippen molar-refractivity contribution in [3.63, 3.8) is 0 Å². The molecule has 1 aliphatic rings. The molecule has 0 amide bonds. The van der Waals surface area contributed by atoms with E-state index in [1.54, 1.807) is 0 Å². The molecule has 1 heterocycles. The molecule has 0 radical (unpaired) electrons. The Hall–Kier alpha value is -3.32. The maximum Gasteiger partial charge on any atom is 0.335 e. The van der Waals surface area contributed by atoms with Crippen molar-refractivity contribution >= 4 is 23.9 Å². The van der Waals surface area contributed by atoms with E-state index < -0.39 is 67.3 Å². The minimum atomic E-state index is -1.91. The molecule has 12 nitrogen and oxygen atoms in total. The van der Waals surface area contributed by atoms with Crippen molar-refractivity contribution in [2.75, 3.05) is 13.2 Å². The van der Waals surface area contributed by atoms with E-state index in [-0.39, 0.29) is 25.9 Å². The van der Waals surface area contributed by atoms with Gasteiger partial charge in [-0.15, -0.1) is 0 Å². The molecule has 77 heavy (non-hydrogen) atoms. The van der Waals surface area contributed by atoms with E-state index in [2.05, 4.69) is 69.4 Å². The van der Waals surface area contributed by atoms with Gasteiger partial charge in [-0.2, -0.15) is 0 Å². The van der Waals surface area contributed by atoms with Crippen LogP contribution >= 0.6 is 0 Å². The quantitative estimate of drug-likeness (QED) is 0.0228. The largest absolute Gasteiger partial charge is 0.479 e. The Kier molecular flexibility index (Phi) is 49.7. The highest BCUT2D eigenvalue weighted by molar-refractivity contribution is 5.74. The number of aliphatic carboxylic acids is 1. The Morgan fingerprint density at radius 2 is 0.818 bits per heavy atom. The van der Waals surface area contributed by atoms with Gasteiger partial charge in [-0.25, -0.2) is 4.79 Å². The lowest BCUT2D eigenvalue weighted by atomic mass is 9.98. The van der Waals surface area contributed by atoms with Crippen LogP contribution in [0, 0.1) is 0 Å². The maximum atomic E-state index is 13.2. The first-order chi connectivity index (χ1) is 37.6. The second kappa shape index (κ2) is 53.3. The van der Waals surface area contributed by atoms with Crippen molar-refractivity contribution in [1.29, 1.82) is 0 Å². The maximum absolute atomic E-state index is 13.2. The highest BCUT2D eigenvalue weighted by atomic mass is 16.7. The van der Waals surface area contributed by atoms with Crippen LogP contribution in [-0.4, -0.2) is 89.2 Å². The van der Waals surface area contributed by atoms with Gasteiger partial charge >= 0.3 is 23.9 Å². The molecule has 0 bridgehead atoms. The van der Waals surface area contributed by atoms with Gasteiger partial charge in [0, 0.05) is 19.3 Å². The van der Waals surface area contributed by atoms with Crippen LogP contribution in [-0.2, 0) is 42.9 Å². The number of aliphatic hydroxyl groups is 2. The molecule has 6 atom stereocenters. The zero-order chi connectivity index (χ0) is 56.1. The predicted molar refractivity (Wildman–Crippen MR) is 312 cm³/mol. The topological polar surface area (TPSA) is 175 Å². The highest BCUT2D eigenvalue weighted by Crippen LogP contribution is 2.27. The molecule has 0 saturated carbocycles. The standard InChI is InChI=1S/C65H114O12/c1-4-7-10-13-16-19-22-25-28-29-32-33-36-39-42-45-48-51-57(66)73-54-56(75-58(67)52-49-46-43-40-37-34-30-26-23-20-17-14-11-8-5-2)55-74-65-63(61(70)60(69)62(77-65)64(71)72)76-59(68)53-50-47-44-41-38-35-31-27-24-21-18-15-12-9-6-3/h8,11,17,20,26,30,37,40,56,60-63,65,69-70H,4-7,9-10,12-16,18-19,21-25,27-29,31-36,38-39,41-55H2,1-3H3,(H,71,72)/b11-8-,20-17-,30-26-,40-37-. The molecule has 0 aromatic carbocycles. The van der Waals surface area contributed by atoms with E-state index in [1.807, 2.05) is 0 Å². The molecule has 1 fully saturated rings. The van der Waals surface area contributed by atoms with Crippen molar-refractivity contribution in [2.24, 2.45) is 0 Å². The van der Waals surface area contributed by atoms with Crippen LogP contribution < -0.4 is 0 Å². The van der Waals surface area contributed by atoms with Gasteiger partial charge in [0.05, 0.1) is 6.61 Å². The number of aliphatic hydroxyl groups excluding tert-OH is 2. The SMILES string of the molecule is CC/C=C\C/C=C\C/C=C\C/C=C\CCCCC(=O)OC(COC(=O)CCCCCCCCCCCCCCCCCCC)COC1OC(C(=O)O)C(O)C(O)C1OC(=O)CCCCCCCCCCCCCCCCC. The summed E-state index contributed by atoms with van der Waals surface area (Å²) in [5.74, 6) is -3.15. The number of hydrogen-bond donors (Lipinski definition) is 3. The predicted octanol–water partition coefficient (Wildman–Crippen LogP) is 16.6. The lowest BCUT2D eigenvalue weighted by molar-refractivity contribution is -0.301. The summed E-state index contributed by atoms with van der Waals surface area (Å²) < 4.78 is 28.5. The van der Waals surface area contributed by atoms with Gasteiger partial charge in [0.2, 0.25) is 0 Å². The number of carboxylic acid groups (broad SMARTS) is 1. The normalized spacial score (nSPS) is 18.3. The Labute approximate surface area is 469 Å². The molecule has 0 aliphatic carbocycles. The van der Waals surface area contributed by atoms with Crippen LogP contribution in [0.4, 0.5) is 0 Å². The first-order valence-corrected chi connectivity index (χ1v) is 31.6. The Balaban J connectivity index is 2.68. The minimum Gasteiger partial charge on any atom is -0.479 e. The summed E-state index contributed by atoms with van der Waals surface area (Å²) in [5.41, 5.74) is 0. The molecule has 446 valence electrons. The first kappa shape index (κ1) is 71.7. The van der Waals surface area contributed by atoms with Crippen molar-refractivity contribution in [2.45, 2.75) is 327 Å². The number of carboxylic acids is 1. The van der Waals surface area contributed by atoms with Crippen molar-refractivity contribution < 1.29 is 58.2 Å². The average molecular weight is 1090 g/mol. The van der Waals surface area contributed by atoms with Crippen molar-refractivity contribution in [3.05, 3.63) is 48.6 Å². The molecule has 1 rings (SSSR count). The van der Waals surface area contributed by atoms with Gasteiger partial charge in [0.15, 0.2) is 24.6 Å². The number of rotatable bonds is 54. The fourth-order valence-electron chi connectivity index (χ4n) is 9.60. The third-order valence-electron chi connectivity index (χ3n) is 14.4. The number of ether oxygens (including phenoxy) is 5. The third kappa shape index (κ3) is 43.2. The summed E-state index contributed by atoms with van der Waals surface area (Å²) in [6.45, 7) is 5.88. The zero-order valence-electron chi connectivity index (χ0n) is 49.2. The average Bonchev–Trinajstić information content (AvgIpc) is 3.43. The molecule has 12 heteroatoms. The molecular weight excluding hydrogens is 973 g/mol. The zero-order valence-corrected chi connectivity index (χ0v) is 49.2. The molecule has 0 aromatic heterocycles. The van der Waals surface area contributed by atoms with Crippen LogP contribution in [0.5, 0.6) is 0 Å². The van der Waals surface area contributed by atoms with E-state index >= 15 is 0 Å². The smallest absolute Gasteiger partial charge is 0.335 e. The van der Waals surface area contributed by atoms with E-state index in [0.717, 1.165) is 83.5 Å². The summed E-state index contributed by atoms with van der Waals surface area (Å²) in [5, 5.41) is 31.5. The monoisotopic (exact) mass is 1090 g/mol. The number of unbranched alkanes of at least 4 members (excludes halogenated alkanes) is 32. The van der Waals surface area contributed by atoms with Crippen LogP contribution in [0.1, 0.15) is 290 Å². The fraction of sp³-hybridized carbons (Fsp3) is 0.815. The van der Waals surface area contributed by atoms with Gasteiger partial charge in [-0.1, -0.05) is 262 Å². The van der Waals surface area contributed by atoms with Gasteiger partial charge in [0.1, 0.15) is 18.8 Å². The second-order valence-electron chi connectivity index (χ2n) is 21.7. The molecule has 0 aromatic rings. The molecular formula is C65H114O12. The van der Waals surface area contributed by atoms with Crippen LogP contribution in [0.3, 0.4) is 0 Å². The van der Waals surface area contributed by atoms with Gasteiger partial charge in [-0.3, -0.25) is 14.4 Å². The van der Waals surface area contributed by atoms with E-state index in [4.69, 9.17) is 23.7 Å².